The number of rotatable bonds is 5. The van der Waals surface area contributed by atoms with Crippen molar-refractivity contribution in [3.8, 4) is 0 Å². The molecule has 110 valence electrons. The fraction of sp³-hybridized carbons (Fsp3) is 0.353. The molecule has 0 bridgehead atoms. The lowest BCUT2D eigenvalue weighted by Crippen LogP contribution is -2.23. The topological polar surface area (TPSA) is 33.5 Å². The van der Waals surface area contributed by atoms with Crippen LogP contribution in [0.3, 0.4) is 0 Å². The minimum Gasteiger partial charge on any atom is -0.461 e. The second-order valence-corrected chi connectivity index (χ2v) is 6.70. The van der Waals surface area contributed by atoms with Gasteiger partial charge in [0.25, 0.3) is 0 Å². The quantitative estimate of drug-likeness (QED) is 0.778. The first-order valence-electron chi connectivity index (χ1n) is 7.19. The minimum absolute atomic E-state index is 0.0128. The highest BCUT2D eigenvalue weighted by molar-refractivity contribution is 7.09. The maximum absolute atomic E-state index is 12.0. The Bertz CT molecular complexity index is 642. The Morgan fingerprint density at radius 3 is 2.95 bits per heavy atom. The third-order valence-electron chi connectivity index (χ3n) is 3.86. The Balaban J connectivity index is 1.57. The summed E-state index contributed by atoms with van der Waals surface area (Å²) >= 11 is 1.66. The summed E-state index contributed by atoms with van der Waals surface area (Å²) in [5.74, 6) is 3.08. The molecule has 3 nitrogen and oxygen atoms in total. The van der Waals surface area contributed by atoms with Gasteiger partial charge in [-0.15, -0.1) is 11.3 Å². The van der Waals surface area contributed by atoms with Gasteiger partial charge in [0.1, 0.15) is 11.5 Å². The molecule has 0 aliphatic heterocycles. The highest BCUT2D eigenvalue weighted by atomic mass is 32.1. The van der Waals surface area contributed by atoms with Gasteiger partial charge in [0.15, 0.2) is 0 Å². The summed E-state index contributed by atoms with van der Waals surface area (Å²) in [5, 5.41) is 2.02. The third kappa shape index (κ3) is 3.45. The summed E-state index contributed by atoms with van der Waals surface area (Å²) in [5.41, 5.74) is 0. The van der Waals surface area contributed by atoms with E-state index in [0.717, 1.165) is 17.4 Å². The summed E-state index contributed by atoms with van der Waals surface area (Å²) in [6, 6.07) is 7.99. The van der Waals surface area contributed by atoms with Crippen molar-refractivity contribution in [1.82, 2.24) is 4.90 Å². The highest BCUT2D eigenvalue weighted by Crippen LogP contribution is 2.47. The normalized spacial score (nSPS) is 20.9. The molecule has 0 unspecified atom stereocenters. The van der Waals surface area contributed by atoms with Crippen molar-refractivity contribution in [3.63, 3.8) is 0 Å². The zero-order valence-corrected chi connectivity index (χ0v) is 13.1. The van der Waals surface area contributed by atoms with Gasteiger partial charge in [-0.2, -0.15) is 0 Å². The molecule has 0 radical (unpaired) electrons. The molecular weight excluding hydrogens is 282 g/mol. The molecule has 4 heteroatoms. The number of thiophene rings is 1. The molecule has 1 saturated carbocycles. The van der Waals surface area contributed by atoms with E-state index in [9.17, 15) is 4.79 Å². The van der Waals surface area contributed by atoms with Crippen LogP contribution in [-0.2, 0) is 11.3 Å². The van der Waals surface area contributed by atoms with Crippen LogP contribution < -0.4 is 0 Å². The van der Waals surface area contributed by atoms with E-state index < -0.39 is 0 Å². The van der Waals surface area contributed by atoms with E-state index in [0.29, 0.717) is 12.5 Å². The SMILES string of the molecule is C[C@H]1C[C@H]1c1ccc(/C=C/C(=O)N(C)Cc2cccs2)o1. The fourth-order valence-electron chi connectivity index (χ4n) is 2.37. The Labute approximate surface area is 128 Å². The Hall–Kier alpha value is -1.81. The second-order valence-electron chi connectivity index (χ2n) is 5.67. The van der Waals surface area contributed by atoms with Gasteiger partial charge in [-0.05, 0) is 42.0 Å². The molecular formula is C17H19NO2S. The van der Waals surface area contributed by atoms with Gasteiger partial charge in [0, 0.05) is 23.9 Å². The first-order valence-corrected chi connectivity index (χ1v) is 8.07. The van der Waals surface area contributed by atoms with Crippen molar-refractivity contribution >= 4 is 23.3 Å². The zero-order chi connectivity index (χ0) is 14.8. The number of carbonyl (C=O) groups excluding carboxylic acids is 1. The molecule has 2 atom stereocenters. The average molecular weight is 301 g/mol. The Kier molecular flexibility index (Phi) is 3.97. The molecule has 21 heavy (non-hydrogen) atoms. The van der Waals surface area contributed by atoms with Crippen LogP contribution in [0.5, 0.6) is 0 Å². The minimum atomic E-state index is -0.0128. The van der Waals surface area contributed by atoms with Crippen molar-refractivity contribution in [1.29, 1.82) is 0 Å². The van der Waals surface area contributed by atoms with Crippen LogP contribution in [0.15, 0.2) is 40.1 Å². The summed E-state index contributed by atoms with van der Waals surface area (Å²) in [4.78, 5) is 14.9. The Morgan fingerprint density at radius 2 is 2.29 bits per heavy atom. The first kappa shape index (κ1) is 14.1. The standard InChI is InChI=1S/C17H19NO2S/c1-12-10-15(12)16-7-5-13(20-16)6-8-17(19)18(2)11-14-4-3-9-21-14/h3-9,12,15H,10-11H2,1-2H3/b8-6+/t12-,15+/m0/s1. The van der Waals surface area contributed by atoms with Gasteiger partial charge in [-0.1, -0.05) is 13.0 Å². The first-order chi connectivity index (χ1) is 10.1. The van der Waals surface area contributed by atoms with Crippen molar-refractivity contribution in [2.24, 2.45) is 5.92 Å². The van der Waals surface area contributed by atoms with Crippen LogP contribution in [0.1, 0.15) is 35.7 Å². The molecule has 0 saturated heterocycles. The smallest absolute Gasteiger partial charge is 0.246 e. The van der Waals surface area contributed by atoms with Gasteiger partial charge in [-0.3, -0.25) is 4.79 Å². The number of likely N-dealkylation sites (N-methyl/N-ethyl adjacent to an activating group) is 1. The van der Waals surface area contributed by atoms with E-state index in [-0.39, 0.29) is 5.91 Å². The van der Waals surface area contributed by atoms with Crippen LogP contribution in [0, 0.1) is 5.92 Å². The van der Waals surface area contributed by atoms with Crippen LogP contribution in [0.2, 0.25) is 0 Å². The van der Waals surface area contributed by atoms with E-state index in [4.69, 9.17) is 4.42 Å². The second kappa shape index (κ2) is 5.90. The van der Waals surface area contributed by atoms with Gasteiger partial charge in [0.2, 0.25) is 5.91 Å². The highest BCUT2D eigenvalue weighted by Gasteiger charge is 2.36. The third-order valence-corrected chi connectivity index (χ3v) is 4.72. The number of amides is 1. The molecule has 2 aromatic rings. The number of nitrogens with zero attached hydrogens (tertiary/aromatic N) is 1. The number of carbonyl (C=O) groups is 1. The zero-order valence-electron chi connectivity index (χ0n) is 12.3. The van der Waals surface area contributed by atoms with Crippen LogP contribution in [-0.4, -0.2) is 17.9 Å². The molecule has 0 N–H and O–H groups in total. The number of hydrogen-bond donors (Lipinski definition) is 0. The maximum atomic E-state index is 12.0. The fourth-order valence-corrected chi connectivity index (χ4v) is 3.13. The van der Waals surface area contributed by atoms with Gasteiger partial charge in [0.05, 0.1) is 6.54 Å². The van der Waals surface area contributed by atoms with E-state index in [2.05, 4.69) is 6.92 Å². The molecule has 1 aliphatic rings. The van der Waals surface area contributed by atoms with Crippen LogP contribution >= 0.6 is 11.3 Å². The maximum Gasteiger partial charge on any atom is 0.246 e. The monoisotopic (exact) mass is 301 g/mol. The van der Waals surface area contributed by atoms with Crippen molar-refractivity contribution < 1.29 is 9.21 Å². The summed E-state index contributed by atoms with van der Waals surface area (Å²) in [6.07, 6.45) is 4.54. The molecule has 2 aromatic heterocycles. The van der Waals surface area contributed by atoms with Gasteiger partial charge >= 0.3 is 0 Å². The lowest BCUT2D eigenvalue weighted by molar-refractivity contribution is -0.125. The molecule has 2 heterocycles. The van der Waals surface area contributed by atoms with Gasteiger partial charge in [-0.25, -0.2) is 0 Å². The molecule has 1 aliphatic carbocycles. The predicted molar refractivity (Wildman–Crippen MR) is 85.1 cm³/mol. The number of furan rings is 1. The predicted octanol–water partition coefficient (Wildman–Crippen LogP) is 4.14. The molecule has 3 rings (SSSR count). The van der Waals surface area contributed by atoms with Crippen LogP contribution in [0.25, 0.3) is 6.08 Å². The Morgan fingerprint density at radius 1 is 1.48 bits per heavy atom. The van der Waals surface area contributed by atoms with Crippen LogP contribution in [0.4, 0.5) is 0 Å². The largest absolute Gasteiger partial charge is 0.461 e. The van der Waals surface area contributed by atoms with E-state index in [1.54, 1.807) is 28.4 Å². The lowest BCUT2D eigenvalue weighted by atomic mass is 10.3. The van der Waals surface area contributed by atoms with E-state index >= 15 is 0 Å². The van der Waals surface area contributed by atoms with E-state index in [1.807, 2.05) is 36.7 Å². The van der Waals surface area contributed by atoms with Gasteiger partial charge < -0.3 is 9.32 Å². The van der Waals surface area contributed by atoms with Crippen molar-refractivity contribution in [2.75, 3.05) is 7.05 Å². The average Bonchev–Trinajstić information content (AvgIpc) is 2.88. The molecule has 0 spiro atoms. The number of hydrogen-bond acceptors (Lipinski definition) is 3. The molecule has 1 amide bonds. The molecule has 0 aromatic carbocycles. The lowest BCUT2D eigenvalue weighted by Gasteiger charge is -2.13. The van der Waals surface area contributed by atoms with Crippen molar-refractivity contribution in [2.45, 2.75) is 25.8 Å². The summed E-state index contributed by atoms with van der Waals surface area (Å²) < 4.78 is 5.76. The molecule has 1 fully saturated rings. The van der Waals surface area contributed by atoms with E-state index in [1.165, 1.54) is 11.3 Å². The summed E-state index contributed by atoms with van der Waals surface area (Å²) in [7, 11) is 1.81. The summed E-state index contributed by atoms with van der Waals surface area (Å²) in [6.45, 7) is 2.87. The van der Waals surface area contributed by atoms with Crippen molar-refractivity contribution in [3.05, 3.63) is 52.1 Å².